The fraction of sp³-hybridized carbons (Fsp3) is 0.600. The van der Waals surface area contributed by atoms with Gasteiger partial charge in [0.25, 0.3) is 5.91 Å². The Morgan fingerprint density at radius 3 is 2.68 bits per heavy atom. The summed E-state index contributed by atoms with van der Waals surface area (Å²) < 4.78 is 6.50. The van der Waals surface area contributed by atoms with Crippen molar-refractivity contribution in [3.8, 4) is 0 Å². The minimum absolute atomic E-state index is 0.0491. The van der Waals surface area contributed by atoms with E-state index < -0.39 is 6.09 Å². The van der Waals surface area contributed by atoms with Crippen LogP contribution in [0.5, 0.6) is 0 Å². The van der Waals surface area contributed by atoms with Crippen LogP contribution in [-0.4, -0.2) is 77.4 Å². The molecule has 0 unspecified atom stereocenters. The van der Waals surface area contributed by atoms with Gasteiger partial charge in [-0.25, -0.2) is 4.79 Å². The lowest BCUT2D eigenvalue weighted by Gasteiger charge is -2.32. The lowest BCUT2D eigenvalue weighted by Crippen LogP contribution is -2.45. The van der Waals surface area contributed by atoms with Gasteiger partial charge in [-0.2, -0.15) is 0 Å². The van der Waals surface area contributed by atoms with Crippen LogP contribution in [0.2, 0.25) is 0 Å². The van der Waals surface area contributed by atoms with E-state index in [9.17, 15) is 14.7 Å². The number of aromatic nitrogens is 1. The quantitative estimate of drug-likeness (QED) is 0.887. The summed E-state index contributed by atoms with van der Waals surface area (Å²) in [5.74, 6) is -0.0491. The van der Waals surface area contributed by atoms with Crippen molar-refractivity contribution in [1.82, 2.24) is 14.4 Å². The molecule has 1 amide bonds. The van der Waals surface area contributed by atoms with Crippen LogP contribution >= 0.6 is 0 Å². The van der Waals surface area contributed by atoms with Crippen LogP contribution in [0.4, 0.5) is 4.79 Å². The standard InChI is InChI=1S/C15H21N3O4/c1-11-10-18(15(20)21)12-2-3-17(14(19)13(11)12)5-4-16-6-8-22-9-7-16/h10H,2-9H2,1H3,(H,20,21). The summed E-state index contributed by atoms with van der Waals surface area (Å²) in [4.78, 5) is 28.0. The SMILES string of the molecule is Cc1cn(C(=O)O)c2c1C(=O)N(CCN1CCOCC1)CC2. The smallest absolute Gasteiger partial charge is 0.415 e. The monoisotopic (exact) mass is 307 g/mol. The number of carboxylic acid groups (broad SMARTS) is 1. The number of carbonyl (C=O) groups is 2. The molecule has 0 spiro atoms. The molecule has 22 heavy (non-hydrogen) atoms. The summed E-state index contributed by atoms with van der Waals surface area (Å²) in [5.41, 5.74) is 1.92. The van der Waals surface area contributed by atoms with Gasteiger partial charge in [-0.05, 0) is 12.5 Å². The van der Waals surface area contributed by atoms with Gasteiger partial charge in [-0.1, -0.05) is 0 Å². The van der Waals surface area contributed by atoms with Crippen LogP contribution in [0.1, 0.15) is 21.6 Å². The number of morpholine rings is 1. The molecule has 1 saturated heterocycles. The summed E-state index contributed by atoms with van der Waals surface area (Å²) >= 11 is 0. The third kappa shape index (κ3) is 2.74. The lowest BCUT2D eigenvalue weighted by atomic mass is 10.0. The first-order valence-electron chi connectivity index (χ1n) is 7.61. The van der Waals surface area contributed by atoms with E-state index in [0.29, 0.717) is 30.8 Å². The minimum Gasteiger partial charge on any atom is -0.464 e. The van der Waals surface area contributed by atoms with Gasteiger partial charge in [0.2, 0.25) is 0 Å². The average molecular weight is 307 g/mol. The summed E-state index contributed by atoms with van der Waals surface area (Å²) in [5, 5.41) is 9.20. The largest absolute Gasteiger partial charge is 0.464 e. The zero-order valence-electron chi connectivity index (χ0n) is 12.7. The van der Waals surface area contributed by atoms with Crippen LogP contribution in [-0.2, 0) is 11.2 Å². The van der Waals surface area contributed by atoms with Gasteiger partial charge in [-0.15, -0.1) is 0 Å². The van der Waals surface area contributed by atoms with Crippen LogP contribution in [0, 0.1) is 6.92 Å². The number of carbonyl (C=O) groups excluding carboxylic acids is 1. The van der Waals surface area contributed by atoms with Gasteiger partial charge in [0.05, 0.1) is 18.8 Å². The second kappa shape index (κ2) is 6.10. The van der Waals surface area contributed by atoms with E-state index in [-0.39, 0.29) is 5.91 Å². The van der Waals surface area contributed by atoms with Crippen molar-refractivity contribution >= 4 is 12.0 Å². The zero-order valence-corrected chi connectivity index (χ0v) is 12.7. The molecule has 1 aromatic rings. The number of rotatable bonds is 3. The number of fused-ring (bicyclic) bond motifs is 1. The van der Waals surface area contributed by atoms with Crippen molar-refractivity contribution < 1.29 is 19.4 Å². The second-order valence-electron chi connectivity index (χ2n) is 5.78. The molecule has 120 valence electrons. The van der Waals surface area contributed by atoms with Crippen molar-refractivity contribution in [2.75, 3.05) is 45.9 Å². The normalized spacial score (nSPS) is 19.3. The predicted octanol–water partition coefficient (Wildman–Crippen LogP) is 0.653. The Hall–Kier alpha value is -1.86. The highest BCUT2D eigenvalue weighted by atomic mass is 16.5. The highest BCUT2D eigenvalue weighted by molar-refractivity contribution is 5.99. The van der Waals surface area contributed by atoms with Crippen molar-refractivity contribution in [3.05, 3.63) is 23.0 Å². The maximum absolute atomic E-state index is 12.6. The molecule has 1 fully saturated rings. The molecule has 0 saturated carbocycles. The first-order valence-corrected chi connectivity index (χ1v) is 7.61. The molecule has 0 atom stereocenters. The Balaban J connectivity index is 1.70. The van der Waals surface area contributed by atoms with Crippen molar-refractivity contribution in [2.24, 2.45) is 0 Å². The Morgan fingerprint density at radius 2 is 2.00 bits per heavy atom. The molecule has 3 heterocycles. The van der Waals surface area contributed by atoms with Crippen LogP contribution in [0.15, 0.2) is 6.20 Å². The van der Waals surface area contributed by atoms with Crippen LogP contribution in [0.25, 0.3) is 0 Å². The maximum atomic E-state index is 12.6. The van der Waals surface area contributed by atoms with E-state index in [1.54, 1.807) is 6.92 Å². The molecule has 2 aliphatic heterocycles. The number of amides is 1. The van der Waals surface area contributed by atoms with E-state index in [0.717, 1.165) is 38.4 Å². The molecule has 0 aliphatic carbocycles. The summed E-state index contributed by atoms with van der Waals surface area (Å²) in [6.45, 7) is 7.19. The van der Waals surface area contributed by atoms with Crippen molar-refractivity contribution in [1.29, 1.82) is 0 Å². The van der Waals surface area contributed by atoms with Gasteiger partial charge >= 0.3 is 6.09 Å². The van der Waals surface area contributed by atoms with Gasteiger partial charge in [0.1, 0.15) is 0 Å². The number of hydrogen-bond acceptors (Lipinski definition) is 4. The molecule has 0 aromatic carbocycles. The molecule has 3 rings (SSSR count). The number of aryl methyl sites for hydroxylation is 1. The fourth-order valence-corrected chi connectivity index (χ4v) is 3.19. The Bertz CT molecular complexity index is 590. The molecule has 2 aliphatic rings. The first kappa shape index (κ1) is 15.1. The zero-order chi connectivity index (χ0) is 15.7. The molecule has 0 bridgehead atoms. The predicted molar refractivity (Wildman–Crippen MR) is 79.5 cm³/mol. The van der Waals surface area contributed by atoms with Gasteiger partial charge in [0.15, 0.2) is 0 Å². The second-order valence-corrected chi connectivity index (χ2v) is 5.78. The van der Waals surface area contributed by atoms with E-state index in [2.05, 4.69) is 4.90 Å². The third-order valence-electron chi connectivity index (χ3n) is 4.41. The lowest BCUT2D eigenvalue weighted by molar-refractivity contribution is 0.0322. The molecule has 1 N–H and O–H groups in total. The van der Waals surface area contributed by atoms with Gasteiger partial charge in [0, 0.05) is 51.0 Å². The first-order chi connectivity index (χ1) is 10.6. The van der Waals surface area contributed by atoms with Gasteiger partial charge < -0.3 is 14.7 Å². The fourth-order valence-electron chi connectivity index (χ4n) is 3.19. The van der Waals surface area contributed by atoms with Crippen molar-refractivity contribution in [2.45, 2.75) is 13.3 Å². The van der Waals surface area contributed by atoms with Gasteiger partial charge in [-0.3, -0.25) is 14.3 Å². The topological polar surface area (TPSA) is 75.0 Å². The molecule has 7 nitrogen and oxygen atoms in total. The average Bonchev–Trinajstić information content (AvgIpc) is 2.86. The minimum atomic E-state index is -1.03. The Morgan fingerprint density at radius 1 is 1.27 bits per heavy atom. The Kier molecular flexibility index (Phi) is 4.17. The molecular formula is C15H21N3O4. The van der Waals surface area contributed by atoms with Crippen LogP contribution in [0.3, 0.4) is 0 Å². The summed E-state index contributed by atoms with van der Waals surface area (Å²) in [7, 11) is 0. The number of nitrogens with zero attached hydrogens (tertiary/aromatic N) is 3. The van der Waals surface area contributed by atoms with Crippen LogP contribution < -0.4 is 0 Å². The van der Waals surface area contributed by atoms with E-state index >= 15 is 0 Å². The Labute approximate surface area is 129 Å². The van der Waals surface area contributed by atoms with E-state index in [1.807, 2.05) is 4.90 Å². The van der Waals surface area contributed by atoms with E-state index in [1.165, 1.54) is 10.8 Å². The maximum Gasteiger partial charge on any atom is 0.415 e. The molecular weight excluding hydrogens is 286 g/mol. The molecule has 1 aromatic heterocycles. The molecule has 0 radical (unpaired) electrons. The molecule has 7 heteroatoms. The summed E-state index contributed by atoms with van der Waals surface area (Å²) in [6.07, 6.45) is 1.10. The van der Waals surface area contributed by atoms with Crippen molar-refractivity contribution in [3.63, 3.8) is 0 Å². The number of hydrogen-bond donors (Lipinski definition) is 1. The van der Waals surface area contributed by atoms with E-state index in [4.69, 9.17) is 4.74 Å². The summed E-state index contributed by atoms with van der Waals surface area (Å²) in [6, 6.07) is 0. The number of ether oxygens (including phenoxy) is 1. The third-order valence-corrected chi connectivity index (χ3v) is 4.41. The highest BCUT2D eigenvalue weighted by Crippen LogP contribution is 2.24. The highest BCUT2D eigenvalue weighted by Gasteiger charge is 2.30.